The predicted octanol–water partition coefficient (Wildman–Crippen LogP) is 3.28. The van der Waals surface area contributed by atoms with Gasteiger partial charge in [0, 0.05) is 12.6 Å². The summed E-state index contributed by atoms with van der Waals surface area (Å²) in [6.45, 7) is -0.717. The Bertz CT molecular complexity index is 1010. The molecular formula is C16H13F3N2O6S. The van der Waals surface area contributed by atoms with Gasteiger partial charge in [0.15, 0.2) is 4.90 Å². The zero-order chi connectivity index (χ0) is 21.1. The number of carboxylic acid groups (broad SMARTS) is 1. The molecule has 0 bridgehead atoms. The van der Waals surface area contributed by atoms with Crippen molar-refractivity contribution in [1.82, 2.24) is 0 Å². The number of sulfonamides is 1. The fourth-order valence-electron chi connectivity index (χ4n) is 2.37. The monoisotopic (exact) mass is 418 g/mol. The molecule has 0 unspecified atom stereocenters. The largest absolute Gasteiger partial charge is 0.481 e. The maximum absolute atomic E-state index is 13.0. The van der Waals surface area contributed by atoms with E-state index in [1.165, 1.54) is 12.1 Å². The van der Waals surface area contributed by atoms with Crippen LogP contribution in [-0.4, -0.2) is 31.0 Å². The third kappa shape index (κ3) is 4.57. The number of nitro groups is 1. The number of nitrogens with zero attached hydrogens (tertiary/aromatic N) is 2. The average molecular weight is 418 g/mol. The van der Waals surface area contributed by atoms with Crippen molar-refractivity contribution in [2.75, 3.05) is 10.8 Å². The molecular weight excluding hydrogens is 405 g/mol. The smallest absolute Gasteiger partial charge is 0.416 e. The maximum atomic E-state index is 13.0. The molecule has 0 saturated carbocycles. The van der Waals surface area contributed by atoms with Gasteiger partial charge in [-0.3, -0.25) is 19.2 Å². The molecule has 2 rings (SSSR count). The van der Waals surface area contributed by atoms with Crippen LogP contribution in [0.1, 0.15) is 12.0 Å². The topological polar surface area (TPSA) is 118 Å². The second-order valence-electron chi connectivity index (χ2n) is 5.49. The number of carboxylic acids is 1. The zero-order valence-electron chi connectivity index (χ0n) is 14.0. The summed E-state index contributed by atoms with van der Waals surface area (Å²) in [5, 5.41) is 20.0. The van der Waals surface area contributed by atoms with Crippen LogP contribution in [0.5, 0.6) is 0 Å². The minimum absolute atomic E-state index is 0.415. The molecule has 0 radical (unpaired) electrons. The van der Waals surface area contributed by atoms with Gasteiger partial charge < -0.3 is 5.11 Å². The van der Waals surface area contributed by atoms with Crippen LogP contribution in [-0.2, 0) is 21.0 Å². The van der Waals surface area contributed by atoms with Gasteiger partial charge in [-0.05, 0) is 24.3 Å². The highest BCUT2D eigenvalue weighted by molar-refractivity contribution is 7.93. The maximum Gasteiger partial charge on any atom is 0.416 e. The Morgan fingerprint density at radius 1 is 1.14 bits per heavy atom. The van der Waals surface area contributed by atoms with Crippen LogP contribution in [0, 0.1) is 10.1 Å². The first kappa shape index (κ1) is 21.2. The number of para-hydroxylation sites is 1. The first-order valence-corrected chi connectivity index (χ1v) is 9.04. The molecule has 0 saturated heterocycles. The number of hydrogen-bond donors (Lipinski definition) is 1. The Balaban J connectivity index is 2.64. The first-order valence-electron chi connectivity index (χ1n) is 7.60. The summed E-state index contributed by atoms with van der Waals surface area (Å²) in [5.41, 5.74) is -2.40. The van der Waals surface area contributed by atoms with Crippen LogP contribution in [0.4, 0.5) is 24.5 Å². The van der Waals surface area contributed by atoms with Gasteiger partial charge in [-0.1, -0.05) is 18.2 Å². The van der Waals surface area contributed by atoms with Crippen LogP contribution < -0.4 is 4.31 Å². The zero-order valence-corrected chi connectivity index (χ0v) is 14.8. The number of benzene rings is 2. The highest BCUT2D eigenvalue weighted by Gasteiger charge is 2.35. The number of nitro benzene ring substituents is 1. The quantitative estimate of drug-likeness (QED) is 0.545. The molecule has 0 aliphatic heterocycles. The number of halogens is 3. The van der Waals surface area contributed by atoms with Gasteiger partial charge in [-0.25, -0.2) is 8.42 Å². The van der Waals surface area contributed by atoms with E-state index in [1.807, 2.05) is 0 Å². The van der Waals surface area contributed by atoms with E-state index < -0.39 is 61.9 Å². The molecule has 0 heterocycles. The van der Waals surface area contributed by atoms with E-state index in [2.05, 4.69) is 0 Å². The molecule has 0 amide bonds. The lowest BCUT2D eigenvalue weighted by Crippen LogP contribution is -2.33. The van der Waals surface area contributed by atoms with Gasteiger partial charge in [-0.2, -0.15) is 13.2 Å². The number of alkyl halides is 3. The molecule has 0 aromatic heterocycles. The fraction of sp³-hybridized carbons (Fsp3) is 0.188. The highest BCUT2D eigenvalue weighted by atomic mass is 32.2. The van der Waals surface area contributed by atoms with E-state index >= 15 is 0 Å². The highest BCUT2D eigenvalue weighted by Crippen LogP contribution is 2.34. The van der Waals surface area contributed by atoms with Gasteiger partial charge in [0.2, 0.25) is 0 Å². The lowest BCUT2D eigenvalue weighted by atomic mass is 10.2. The standard InChI is InChI=1S/C16H13F3N2O6S/c17-16(18,19)11-4-3-5-12(10-11)20(9-8-15(22)23)28(26,27)14-7-2-1-6-13(14)21(24)25/h1-7,10H,8-9H2,(H,22,23). The van der Waals surface area contributed by atoms with Crippen molar-refractivity contribution in [3.63, 3.8) is 0 Å². The summed E-state index contributed by atoms with van der Waals surface area (Å²) in [7, 11) is -4.73. The van der Waals surface area contributed by atoms with Gasteiger partial charge >= 0.3 is 12.1 Å². The number of rotatable bonds is 7. The van der Waals surface area contributed by atoms with Crippen LogP contribution in [0.25, 0.3) is 0 Å². The summed E-state index contributed by atoms with van der Waals surface area (Å²) < 4.78 is 65.3. The number of hydrogen-bond acceptors (Lipinski definition) is 5. The van der Waals surface area contributed by atoms with Crippen LogP contribution in [0.15, 0.2) is 53.4 Å². The lowest BCUT2D eigenvalue weighted by Gasteiger charge is -2.24. The van der Waals surface area contributed by atoms with Crippen molar-refractivity contribution in [3.8, 4) is 0 Å². The van der Waals surface area contributed by atoms with Crippen LogP contribution in [0.3, 0.4) is 0 Å². The van der Waals surface area contributed by atoms with Crippen molar-refractivity contribution in [1.29, 1.82) is 0 Å². The molecule has 0 aliphatic rings. The van der Waals surface area contributed by atoms with Crippen molar-refractivity contribution in [2.45, 2.75) is 17.5 Å². The van der Waals surface area contributed by atoms with E-state index in [4.69, 9.17) is 5.11 Å². The molecule has 1 N–H and O–H groups in total. The molecule has 2 aromatic carbocycles. The second-order valence-corrected chi connectivity index (χ2v) is 7.32. The Morgan fingerprint density at radius 3 is 2.36 bits per heavy atom. The summed E-state index contributed by atoms with van der Waals surface area (Å²) in [6.07, 6.45) is -5.49. The Kier molecular flexibility index (Phi) is 5.92. The molecule has 0 atom stereocenters. The molecule has 0 fully saturated rings. The van der Waals surface area contributed by atoms with Gasteiger partial charge in [-0.15, -0.1) is 0 Å². The lowest BCUT2D eigenvalue weighted by molar-refractivity contribution is -0.387. The van der Waals surface area contributed by atoms with Crippen molar-refractivity contribution in [3.05, 3.63) is 64.2 Å². The molecule has 8 nitrogen and oxygen atoms in total. The minimum atomic E-state index is -4.77. The van der Waals surface area contributed by atoms with E-state index in [1.54, 1.807) is 0 Å². The molecule has 0 spiro atoms. The Labute approximate surface area is 157 Å². The molecule has 28 heavy (non-hydrogen) atoms. The summed E-state index contributed by atoms with van der Waals surface area (Å²) in [6, 6.07) is 7.54. The van der Waals surface area contributed by atoms with Crippen LogP contribution in [0.2, 0.25) is 0 Å². The average Bonchev–Trinajstić information content (AvgIpc) is 2.61. The SMILES string of the molecule is O=C(O)CCN(c1cccc(C(F)(F)F)c1)S(=O)(=O)c1ccccc1[N+](=O)[O-]. The van der Waals surface area contributed by atoms with Crippen LogP contribution >= 0.6 is 0 Å². The van der Waals surface area contributed by atoms with E-state index in [9.17, 15) is 36.5 Å². The summed E-state index contributed by atoms with van der Waals surface area (Å²) in [4.78, 5) is 20.3. The second kappa shape index (κ2) is 7.84. The third-order valence-corrected chi connectivity index (χ3v) is 5.49. The first-order chi connectivity index (χ1) is 12.9. The third-order valence-electron chi connectivity index (χ3n) is 3.62. The van der Waals surface area contributed by atoms with Gasteiger partial charge in [0.05, 0.1) is 22.6 Å². The molecule has 12 heteroatoms. The Morgan fingerprint density at radius 2 is 1.79 bits per heavy atom. The number of aliphatic carboxylic acids is 1. The fourth-order valence-corrected chi connectivity index (χ4v) is 3.99. The van der Waals surface area contributed by atoms with Crippen molar-refractivity contribution in [2.24, 2.45) is 0 Å². The van der Waals surface area contributed by atoms with Gasteiger partial charge in [0.25, 0.3) is 15.7 Å². The Hall–Kier alpha value is -3.15. The van der Waals surface area contributed by atoms with Crippen molar-refractivity contribution >= 4 is 27.4 Å². The molecule has 2 aromatic rings. The predicted molar refractivity (Wildman–Crippen MR) is 91.3 cm³/mol. The molecule has 150 valence electrons. The van der Waals surface area contributed by atoms with Crippen molar-refractivity contribution < 1.29 is 36.4 Å². The summed E-state index contributed by atoms with van der Waals surface area (Å²) in [5.74, 6) is -1.39. The minimum Gasteiger partial charge on any atom is -0.481 e. The van der Waals surface area contributed by atoms with E-state index in [-0.39, 0.29) is 0 Å². The molecule has 0 aliphatic carbocycles. The number of carbonyl (C=O) groups is 1. The van der Waals surface area contributed by atoms with E-state index in [0.29, 0.717) is 10.4 Å². The van der Waals surface area contributed by atoms with E-state index in [0.717, 1.165) is 30.3 Å². The van der Waals surface area contributed by atoms with Gasteiger partial charge in [0.1, 0.15) is 0 Å². The summed E-state index contributed by atoms with van der Waals surface area (Å²) >= 11 is 0. The number of anilines is 1. The normalized spacial score (nSPS) is 11.8.